The molecule has 0 heteroatoms. The lowest BCUT2D eigenvalue weighted by Gasteiger charge is -2.39. The molecule has 0 heterocycles. The number of rotatable bonds is 14. The van der Waals surface area contributed by atoms with Crippen molar-refractivity contribution in [2.24, 2.45) is 16.2 Å². The molecule has 0 aliphatic heterocycles. The molecule has 0 saturated heterocycles. The molecule has 0 aromatic heterocycles. The first-order chi connectivity index (χ1) is 11.0. The van der Waals surface area contributed by atoms with Gasteiger partial charge in [-0.25, -0.2) is 0 Å². The summed E-state index contributed by atoms with van der Waals surface area (Å²) >= 11 is 0. The lowest BCUT2D eigenvalue weighted by Crippen LogP contribution is -2.27. The smallest absolute Gasteiger partial charge is 0.0344 e. The van der Waals surface area contributed by atoms with Gasteiger partial charge in [0.1, 0.15) is 0 Å². The van der Waals surface area contributed by atoms with Crippen molar-refractivity contribution in [2.45, 2.75) is 139 Å². The molecule has 0 atom stereocenters. The highest BCUT2D eigenvalue weighted by molar-refractivity contribution is 4.83. The van der Waals surface area contributed by atoms with Crippen molar-refractivity contribution >= 4 is 0 Å². The zero-order valence-corrected chi connectivity index (χ0v) is 18.7. The first-order valence-electron chi connectivity index (χ1n) is 11.0. The van der Waals surface area contributed by atoms with Gasteiger partial charge in [0.25, 0.3) is 0 Å². The average Bonchev–Trinajstić information content (AvgIpc) is 2.36. The van der Waals surface area contributed by atoms with E-state index in [0.717, 1.165) is 0 Å². The van der Waals surface area contributed by atoms with Crippen molar-refractivity contribution in [3.05, 3.63) is 0 Å². The zero-order valence-electron chi connectivity index (χ0n) is 18.7. The predicted octanol–water partition coefficient (Wildman–Crippen LogP) is 9.18. The standard InChI is InChI=1S/C24H50/c1-9-10-11-12-13-14-15-16-17-18-19-23(5,6)21-24(7,8)20-22(2,3)4/h9-21H2,1-8H3. The molecule has 0 unspecified atom stereocenters. The van der Waals surface area contributed by atoms with E-state index in [0.29, 0.717) is 16.2 Å². The second-order valence-corrected chi connectivity index (χ2v) is 11.2. The third-order valence-electron chi connectivity index (χ3n) is 5.17. The molecule has 0 N–H and O–H groups in total. The van der Waals surface area contributed by atoms with Gasteiger partial charge in [-0.2, -0.15) is 0 Å². The number of hydrogen-bond acceptors (Lipinski definition) is 0. The molecule has 0 fully saturated rings. The molecule has 0 spiro atoms. The SMILES string of the molecule is CCCCCCCCCCCCC(C)(C)CC(C)(C)CC(C)(C)C. The van der Waals surface area contributed by atoms with Crippen molar-refractivity contribution in [1.82, 2.24) is 0 Å². The Morgan fingerprint density at radius 3 is 1.29 bits per heavy atom. The quantitative estimate of drug-likeness (QED) is 0.277. The van der Waals surface area contributed by atoms with Gasteiger partial charge in [-0.1, -0.05) is 120 Å². The molecule has 0 amide bonds. The Morgan fingerprint density at radius 2 is 0.875 bits per heavy atom. The Balaban J connectivity index is 3.77. The van der Waals surface area contributed by atoms with Gasteiger partial charge in [-0.05, 0) is 35.5 Å². The fraction of sp³-hybridized carbons (Fsp3) is 1.00. The van der Waals surface area contributed by atoms with Gasteiger partial charge < -0.3 is 0 Å². The number of unbranched alkanes of at least 4 members (excludes halogenated alkanes) is 9. The molecule has 0 aromatic carbocycles. The van der Waals surface area contributed by atoms with E-state index < -0.39 is 0 Å². The predicted molar refractivity (Wildman–Crippen MR) is 113 cm³/mol. The monoisotopic (exact) mass is 338 g/mol. The van der Waals surface area contributed by atoms with Crippen LogP contribution in [-0.2, 0) is 0 Å². The Kier molecular flexibility index (Phi) is 11.6. The topological polar surface area (TPSA) is 0 Å². The summed E-state index contributed by atoms with van der Waals surface area (Å²) in [6.45, 7) is 19.4. The molecule has 0 aliphatic carbocycles. The van der Waals surface area contributed by atoms with E-state index in [1.165, 1.54) is 83.5 Å². The number of hydrogen-bond donors (Lipinski definition) is 0. The van der Waals surface area contributed by atoms with Crippen molar-refractivity contribution in [3.8, 4) is 0 Å². The highest BCUT2D eigenvalue weighted by Gasteiger charge is 2.31. The van der Waals surface area contributed by atoms with Crippen molar-refractivity contribution < 1.29 is 0 Å². The molecular formula is C24H50. The maximum absolute atomic E-state index is 2.49. The first kappa shape index (κ1) is 24.0. The van der Waals surface area contributed by atoms with Crippen LogP contribution >= 0.6 is 0 Å². The maximum atomic E-state index is 2.49. The molecular weight excluding hydrogens is 288 g/mol. The summed E-state index contributed by atoms with van der Waals surface area (Å²) in [5.41, 5.74) is 1.39. The fourth-order valence-corrected chi connectivity index (χ4v) is 4.97. The fourth-order valence-electron chi connectivity index (χ4n) is 4.97. The third-order valence-corrected chi connectivity index (χ3v) is 5.17. The van der Waals surface area contributed by atoms with E-state index in [1.807, 2.05) is 0 Å². The highest BCUT2D eigenvalue weighted by Crippen LogP contribution is 2.43. The van der Waals surface area contributed by atoms with Crippen molar-refractivity contribution in [1.29, 1.82) is 0 Å². The van der Waals surface area contributed by atoms with E-state index in [9.17, 15) is 0 Å². The summed E-state index contributed by atoms with van der Waals surface area (Å²) in [7, 11) is 0. The van der Waals surface area contributed by atoms with Crippen LogP contribution in [0.25, 0.3) is 0 Å². The van der Waals surface area contributed by atoms with Gasteiger partial charge in [-0.3, -0.25) is 0 Å². The van der Waals surface area contributed by atoms with Crippen LogP contribution in [0.15, 0.2) is 0 Å². The van der Waals surface area contributed by atoms with Crippen LogP contribution in [0, 0.1) is 16.2 Å². The summed E-state index contributed by atoms with van der Waals surface area (Å²) in [6.07, 6.45) is 18.5. The summed E-state index contributed by atoms with van der Waals surface area (Å²) < 4.78 is 0. The Hall–Kier alpha value is 0. The Bertz CT molecular complexity index is 290. The second kappa shape index (κ2) is 11.6. The lowest BCUT2D eigenvalue weighted by molar-refractivity contribution is 0.125. The van der Waals surface area contributed by atoms with Crippen LogP contribution in [-0.4, -0.2) is 0 Å². The Morgan fingerprint density at radius 1 is 0.458 bits per heavy atom. The molecule has 0 radical (unpaired) electrons. The molecule has 0 aromatic rings. The maximum Gasteiger partial charge on any atom is -0.0344 e. The van der Waals surface area contributed by atoms with Crippen LogP contribution in [0.2, 0.25) is 0 Å². The second-order valence-electron chi connectivity index (χ2n) is 11.2. The summed E-state index contributed by atoms with van der Waals surface area (Å²) in [5, 5.41) is 0. The lowest BCUT2D eigenvalue weighted by atomic mass is 9.67. The highest BCUT2D eigenvalue weighted by atomic mass is 14.4. The average molecular weight is 339 g/mol. The van der Waals surface area contributed by atoms with Gasteiger partial charge in [0.15, 0.2) is 0 Å². The molecule has 146 valence electrons. The van der Waals surface area contributed by atoms with Gasteiger partial charge in [-0.15, -0.1) is 0 Å². The summed E-state index contributed by atoms with van der Waals surface area (Å²) in [5.74, 6) is 0. The van der Waals surface area contributed by atoms with E-state index in [2.05, 4.69) is 55.4 Å². The molecule has 0 aliphatic rings. The normalized spacial score (nSPS) is 13.5. The minimum absolute atomic E-state index is 0.441. The minimum Gasteiger partial charge on any atom is -0.0654 e. The molecule has 24 heavy (non-hydrogen) atoms. The van der Waals surface area contributed by atoms with Gasteiger partial charge in [0, 0.05) is 0 Å². The molecule has 0 nitrogen and oxygen atoms in total. The van der Waals surface area contributed by atoms with E-state index in [-0.39, 0.29) is 0 Å². The molecule has 0 saturated carbocycles. The zero-order chi connectivity index (χ0) is 18.7. The molecule has 0 rings (SSSR count). The third kappa shape index (κ3) is 15.5. The minimum atomic E-state index is 0.441. The van der Waals surface area contributed by atoms with Gasteiger partial charge >= 0.3 is 0 Å². The van der Waals surface area contributed by atoms with Crippen LogP contribution in [0.1, 0.15) is 139 Å². The van der Waals surface area contributed by atoms with Gasteiger partial charge in [0.2, 0.25) is 0 Å². The van der Waals surface area contributed by atoms with E-state index in [4.69, 9.17) is 0 Å². The van der Waals surface area contributed by atoms with Crippen molar-refractivity contribution in [2.75, 3.05) is 0 Å². The van der Waals surface area contributed by atoms with E-state index in [1.54, 1.807) is 0 Å². The van der Waals surface area contributed by atoms with Crippen LogP contribution in [0.5, 0.6) is 0 Å². The first-order valence-corrected chi connectivity index (χ1v) is 11.0. The van der Waals surface area contributed by atoms with Crippen LogP contribution in [0.4, 0.5) is 0 Å². The molecule has 0 bridgehead atoms. The van der Waals surface area contributed by atoms with E-state index >= 15 is 0 Å². The Labute approximate surface area is 155 Å². The largest absolute Gasteiger partial charge is 0.0654 e. The summed E-state index contributed by atoms with van der Waals surface area (Å²) in [6, 6.07) is 0. The van der Waals surface area contributed by atoms with Crippen LogP contribution in [0.3, 0.4) is 0 Å². The van der Waals surface area contributed by atoms with Crippen molar-refractivity contribution in [3.63, 3.8) is 0 Å². The summed E-state index contributed by atoms with van der Waals surface area (Å²) in [4.78, 5) is 0. The van der Waals surface area contributed by atoms with Crippen LogP contribution < -0.4 is 0 Å². The van der Waals surface area contributed by atoms with Gasteiger partial charge in [0.05, 0.1) is 0 Å².